The molecule has 0 aromatic rings. The van der Waals surface area contributed by atoms with Crippen LogP contribution in [-0.2, 0) is 0 Å². The van der Waals surface area contributed by atoms with E-state index in [1.807, 2.05) is 0 Å². The first-order valence-electron chi connectivity index (χ1n) is 6.77. The van der Waals surface area contributed by atoms with Crippen molar-refractivity contribution in [2.24, 2.45) is 17.8 Å². The van der Waals surface area contributed by atoms with Crippen LogP contribution in [0.4, 0.5) is 0 Å². The summed E-state index contributed by atoms with van der Waals surface area (Å²) in [4.78, 5) is 0. The summed E-state index contributed by atoms with van der Waals surface area (Å²) in [6.45, 7) is 14.0. The highest BCUT2D eigenvalue weighted by Crippen LogP contribution is 2.55. The number of nitrogens with one attached hydrogen (secondary N) is 1. The maximum absolute atomic E-state index is 3.92. The highest BCUT2D eigenvalue weighted by molar-refractivity contribution is 5.15. The van der Waals surface area contributed by atoms with Gasteiger partial charge in [-0.2, -0.15) is 0 Å². The predicted molar refractivity (Wildman–Crippen MR) is 68.0 cm³/mol. The first-order valence-corrected chi connectivity index (χ1v) is 6.77. The van der Waals surface area contributed by atoms with E-state index in [9.17, 15) is 0 Å². The van der Waals surface area contributed by atoms with Crippen LogP contribution in [0.5, 0.6) is 0 Å². The van der Waals surface area contributed by atoms with Gasteiger partial charge in [0.25, 0.3) is 0 Å². The van der Waals surface area contributed by atoms with Gasteiger partial charge in [0.05, 0.1) is 0 Å². The van der Waals surface area contributed by atoms with Crippen molar-refractivity contribution in [2.45, 2.75) is 72.4 Å². The highest BCUT2D eigenvalue weighted by Gasteiger charge is 2.59. The topological polar surface area (TPSA) is 12.0 Å². The summed E-state index contributed by atoms with van der Waals surface area (Å²) in [5.41, 5.74) is 0.479. The van der Waals surface area contributed by atoms with Gasteiger partial charge in [-0.1, -0.05) is 47.5 Å². The molecule has 15 heavy (non-hydrogen) atoms. The van der Waals surface area contributed by atoms with Crippen LogP contribution in [-0.4, -0.2) is 11.6 Å². The second kappa shape index (κ2) is 4.86. The zero-order chi connectivity index (χ0) is 11.6. The van der Waals surface area contributed by atoms with Crippen molar-refractivity contribution in [1.82, 2.24) is 5.32 Å². The Hall–Kier alpha value is -0.0400. The van der Waals surface area contributed by atoms with Gasteiger partial charge in [0.2, 0.25) is 0 Å². The molecule has 4 unspecified atom stereocenters. The quantitative estimate of drug-likeness (QED) is 0.704. The molecule has 1 N–H and O–H groups in total. The van der Waals surface area contributed by atoms with Gasteiger partial charge in [0, 0.05) is 11.6 Å². The summed E-state index contributed by atoms with van der Waals surface area (Å²) < 4.78 is 0. The van der Waals surface area contributed by atoms with E-state index in [0.717, 1.165) is 17.8 Å². The number of hydrogen-bond acceptors (Lipinski definition) is 1. The van der Waals surface area contributed by atoms with Gasteiger partial charge in [-0.25, -0.2) is 0 Å². The Kier molecular flexibility index (Phi) is 4.22. The lowest BCUT2D eigenvalue weighted by molar-refractivity contribution is 0.315. The van der Waals surface area contributed by atoms with Crippen LogP contribution in [0.2, 0.25) is 0 Å². The lowest BCUT2D eigenvalue weighted by atomic mass is 9.99. The minimum atomic E-state index is 0.479. The molecule has 0 aliphatic heterocycles. The van der Waals surface area contributed by atoms with Crippen molar-refractivity contribution in [3.8, 4) is 0 Å². The molecule has 0 spiro atoms. The molecule has 1 saturated carbocycles. The van der Waals surface area contributed by atoms with Crippen LogP contribution in [0.25, 0.3) is 0 Å². The normalized spacial score (nSPS) is 37.0. The van der Waals surface area contributed by atoms with Gasteiger partial charge in [0.15, 0.2) is 0 Å². The second-order valence-corrected chi connectivity index (χ2v) is 5.77. The first-order chi connectivity index (χ1) is 6.99. The van der Waals surface area contributed by atoms with Gasteiger partial charge < -0.3 is 5.32 Å². The molecule has 1 fully saturated rings. The number of hydrogen-bond donors (Lipinski definition) is 1. The molecule has 1 nitrogen and oxygen atoms in total. The average Bonchev–Trinajstić information content (AvgIpc) is 2.70. The van der Waals surface area contributed by atoms with Crippen LogP contribution < -0.4 is 5.32 Å². The first kappa shape index (κ1) is 13.0. The van der Waals surface area contributed by atoms with Crippen molar-refractivity contribution in [3.63, 3.8) is 0 Å². The third kappa shape index (κ3) is 2.38. The summed E-state index contributed by atoms with van der Waals surface area (Å²) in [5, 5.41) is 3.92. The van der Waals surface area contributed by atoms with Crippen molar-refractivity contribution < 1.29 is 0 Å². The maximum Gasteiger partial charge on any atom is 0.0244 e. The monoisotopic (exact) mass is 211 g/mol. The third-order valence-electron chi connectivity index (χ3n) is 4.57. The second-order valence-electron chi connectivity index (χ2n) is 5.77. The van der Waals surface area contributed by atoms with Crippen LogP contribution in [0.15, 0.2) is 0 Å². The molecule has 0 saturated heterocycles. The van der Waals surface area contributed by atoms with Gasteiger partial charge in [-0.05, 0) is 31.1 Å². The zero-order valence-corrected chi connectivity index (χ0v) is 11.4. The molecule has 0 heterocycles. The van der Waals surface area contributed by atoms with E-state index in [2.05, 4.69) is 46.9 Å². The Labute approximate surface area is 96.0 Å². The average molecular weight is 211 g/mol. The molecular formula is C14H29N. The van der Waals surface area contributed by atoms with Gasteiger partial charge >= 0.3 is 0 Å². The van der Waals surface area contributed by atoms with Crippen LogP contribution in [0.1, 0.15) is 60.8 Å². The Bertz CT molecular complexity index is 200. The van der Waals surface area contributed by atoms with Crippen LogP contribution >= 0.6 is 0 Å². The molecule has 4 atom stereocenters. The summed E-state index contributed by atoms with van der Waals surface area (Å²) in [6.07, 6.45) is 3.99. The molecule has 0 bridgehead atoms. The van der Waals surface area contributed by atoms with Crippen molar-refractivity contribution in [2.75, 3.05) is 0 Å². The summed E-state index contributed by atoms with van der Waals surface area (Å²) >= 11 is 0. The van der Waals surface area contributed by atoms with Gasteiger partial charge in [-0.3, -0.25) is 0 Å². The summed E-state index contributed by atoms with van der Waals surface area (Å²) in [6, 6.07) is 0.649. The maximum atomic E-state index is 3.92. The predicted octanol–water partition coefficient (Wildman–Crippen LogP) is 3.84. The Morgan fingerprint density at radius 2 is 1.80 bits per heavy atom. The van der Waals surface area contributed by atoms with E-state index in [-0.39, 0.29) is 0 Å². The Morgan fingerprint density at radius 3 is 2.13 bits per heavy atom. The third-order valence-corrected chi connectivity index (χ3v) is 4.57. The Balaban J connectivity index is 2.61. The van der Waals surface area contributed by atoms with Crippen molar-refractivity contribution in [1.29, 1.82) is 0 Å². The molecule has 0 aromatic carbocycles. The van der Waals surface area contributed by atoms with E-state index >= 15 is 0 Å². The fourth-order valence-corrected chi connectivity index (χ4v) is 3.17. The molecule has 1 heteroatoms. The number of rotatable bonds is 6. The highest BCUT2D eigenvalue weighted by atomic mass is 15.1. The van der Waals surface area contributed by atoms with Gasteiger partial charge in [-0.15, -0.1) is 0 Å². The Morgan fingerprint density at radius 1 is 1.20 bits per heavy atom. The van der Waals surface area contributed by atoms with Crippen LogP contribution in [0.3, 0.4) is 0 Å². The summed E-state index contributed by atoms with van der Waals surface area (Å²) in [5.74, 6) is 2.53. The van der Waals surface area contributed by atoms with E-state index < -0.39 is 0 Å². The van der Waals surface area contributed by atoms with Crippen molar-refractivity contribution >= 4 is 0 Å². The molecule has 1 rings (SSSR count). The molecule has 1 aliphatic carbocycles. The molecule has 90 valence electrons. The zero-order valence-electron chi connectivity index (χ0n) is 11.4. The largest absolute Gasteiger partial charge is 0.308 e. The lowest BCUT2D eigenvalue weighted by Gasteiger charge is -2.27. The van der Waals surface area contributed by atoms with Crippen molar-refractivity contribution in [3.05, 3.63) is 0 Å². The van der Waals surface area contributed by atoms with E-state index in [4.69, 9.17) is 0 Å². The smallest absolute Gasteiger partial charge is 0.0244 e. The molecule has 0 amide bonds. The van der Waals surface area contributed by atoms with E-state index in [1.165, 1.54) is 19.3 Å². The lowest BCUT2D eigenvalue weighted by Crippen LogP contribution is -2.43. The van der Waals surface area contributed by atoms with Gasteiger partial charge in [0.1, 0.15) is 0 Å². The molecule has 0 radical (unpaired) electrons. The minimum Gasteiger partial charge on any atom is -0.308 e. The van der Waals surface area contributed by atoms with Crippen LogP contribution in [0, 0.1) is 17.8 Å². The molecule has 0 aromatic heterocycles. The molecular weight excluding hydrogens is 182 g/mol. The fourth-order valence-electron chi connectivity index (χ4n) is 3.17. The molecule has 1 aliphatic rings. The van der Waals surface area contributed by atoms with E-state index in [0.29, 0.717) is 11.6 Å². The standard InChI is InChI=1S/C14H29N/c1-7-9-14(11(5)13(14)8-2)15-12(6)10(3)4/h10-13,15H,7-9H2,1-6H3. The fraction of sp³-hybridized carbons (Fsp3) is 1.00. The minimum absolute atomic E-state index is 0.479. The summed E-state index contributed by atoms with van der Waals surface area (Å²) in [7, 11) is 0. The SMILES string of the molecule is CCCC1(NC(C)C(C)C)C(C)C1CC. The van der Waals surface area contributed by atoms with E-state index in [1.54, 1.807) is 0 Å².